The van der Waals surface area contributed by atoms with E-state index in [0.717, 1.165) is 4.90 Å². The molecule has 0 aliphatic carbocycles. The highest BCUT2D eigenvalue weighted by Crippen LogP contribution is 2.22. The van der Waals surface area contributed by atoms with E-state index in [1.165, 1.54) is 59.4 Å². The lowest BCUT2D eigenvalue weighted by atomic mass is 10.0. The van der Waals surface area contributed by atoms with Gasteiger partial charge >= 0.3 is 17.9 Å². The number of nitrogens with two attached hydrogens (primary N) is 4. The maximum absolute atomic E-state index is 15.1. The first-order chi connectivity index (χ1) is 51.4. The number of phenolic OH excluding ortho intramolecular Hbond substituents is 2. The lowest BCUT2D eigenvalue weighted by Gasteiger charge is -2.31. The Balaban J connectivity index is 1.31. The summed E-state index contributed by atoms with van der Waals surface area (Å²) in [6.07, 6.45) is -3.64. The molecule has 584 valence electrons. The summed E-state index contributed by atoms with van der Waals surface area (Å²) in [5.74, 6) is -17.9. The first-order valence-corrected chi connectivity index (χ1v) is 34.8. The number of aliphatic carboxylic acids is 3. The van der Waals surface area contributed by atoms with Gasteiger partial charge in [-0.05, 0) is 118 Å². The summed E-state index contributed by atoms with van der Waals surface area (Å²) in [5.41, 5.74) is 23.7. The second-order valence-electron chi connectivity index (χ2n) is 26.0. The van der Waals surface area contributed by atoms with Gasteiger partial charge in [-0.3, -0.25) is 76.6 Å². The standard InChI is InChI=1S/C69H92N18O21/c70-27-5-4-10-44-60(98)81-50(30-37-8-2-1-3-9-37)66(104)77-46(62(100)80-48(69(107)108)24-26-58(95)96)22-17-40-36-86(85-84-40)28-6-11-45(61(99)82-51(65(103)76-44)32-39-15-20-42(89)21-16-39)79-67(105)53-12-7-29-87(53)68(106)52(34-55(73)91)83-63(101)47(23-25-57(93)94)78-64(102)49(31-38-13-18-41(88)19-14-38)75-56(92)35-74-59(97)43(71)33-54(72)90/h1-3,8-9,13-16,18-21,36,43-53,88-89H,4-7,10-12,17,22-35,70-71H2,(H2,72,90)(H2,73,91)(H,74,97)(H,75,92)(H,76,103)(H,77,104)(H,78,102)(H,79,105)(H,80,100)(H,81,98)(H,82,99)(H,83,101)(H,93,94)(H,95,96)(H,107,108)/t43-,44-,45-,46-,47-,48-,49-,50-,51-,52-,53-/m0/s1. The number of nitrogens with one attached hydrogen (secondary N) is 10. The van der Waals surface area contributed by atoms with Crippen LogP contribution in [0.4, 0.5) is 0 Å². The summed E-state index contributed by atoms with van der Waals surface area (Å²) < 4.78 is 1.35. The van der Waals surface area contributed by atoms with E-state index in [1.54, 1.807) is 30.3 Å². The summed E-state index contributed by atoms with van der Waals surface area (Å²) in [7, 11) is 0. The van der Waals surface area contributed by atoms with Crippen LogP contribution in [-0.4, -0.2) is 226 Å². The number of carboxylic acids is 3. The molecular formula is C69H92N18O21. The minimum absolute atomic E-state index is 0.00714. The van der Waals surface area contributed by atoms with Gasteiger partial charge in [-0.1, -0.05) is 59.8 Å². The van der Waals surface area contributed by atoms with E-state index < -0.39 is 206 Å². The molecule has 6 rings (SSSR count). The highest BCUT2D eigenvalue weighted by molar-refractivity contribution is 6.00. The third-order valence-corrected chi connectivity index (χ3v) is 17.5. The van der Waals surface area contributed by atoms with Crippen molar-refractivity contribution < 1.29 is 102 Å². The largest absolute Gasteiger partial charge is 0.508 e. The quantitative estimate of drug-likeness (QED) is 0.0194. The molecule has 13 amide bonds. The minimum atomic E-state index is -1.91. The van der Waals surface area contributed by atoms with Crippen LogP contribution < -0.4 is 76.1 Å². The molecule has 0 saturated carbocycles. The van der Waals surface area contributed by atoms with Crippen LogP contribution in [0.2, 0.25) is 0 Å². The Kier molecular flexibility index (Phi) is 33.0. The summed E-state index contributed by atoms with van der Waals surface area (Å²) in [4.78, 5) is 219. The molecule has 39 nitrogen and oxygen atoms in total. The number of hydrogen-bond acceptors (Lipinski definition) is 22. The molecule has 1 saturated heterocycles. The first-order valence-electron chi connectivity index (χ1n) is 34.8. The molecule has 108 heavy (non-hydrogen) atoms. The number of primary amides is 2. The normalized spacial score (nSPS) is 19.4. The average molecular weight is 1510 g/mol. The number of unbranched alkanes of at least 4 members (excludes halogenated alkanes) is 1. The zero-order chi connectivity index (χ0) is 79.1. The van der Waals surface area contributed by atoms with Crippen molar-refractivity contribution in [3.8, 4) is 11.5 Å². The number of aromatic hydroxyl groups is 2. The fourth-order valence-corrected chi connectivity index (χ4v) is 11.8. The number of amides is 13. The minimum Gasteiger partial charge on any atom is -0.508 e. The van der Waals surface area contributed by atoms with Gasteiger partial charge in [0.15, 0.2) is 0 Å². The van der Waals surface area contributed by atoms with Gasteiger partial charge in [-0.2, -0.15) is 0 Å². The van der Waals surface area contributed by atoms with Crippen molar-refractivity contribution in [2.24, 2.45) is 22.9 Å². The van der Waals surface area contributed by atoms with Crippen LogP contribution >= 0.6 is 0 Å². The second-order valence-corrected chi connectivity index (χ2v) is 26.0. The number of carbonyl (C=O) groups excluding carboxylic acids is 13. The van der Waals surface area contributed by atoms with Gasteiger partial charge in [0.2, 0.25) is 76.8 Å². The van der Waals surface area contributed by atoms with Crippen molar-refractivity contribution in [3.05, 3.63) is 107 Å². The highest BCUT2D eigenvalue weighted by atomic mass is 16.4. The maximum Gasteiger partial charge on any atom is 0.326 e. The molecule has 0 spiro atoms. The molecule has 3 heterocycles. The first kappa shape index (κ1) is 84.8. The Bertz CT molecular complexity index is 3860. The topological polar surface area (TPSA) is 633 Å². The molecule has 3 aromatic carbocycles. The van der Waals surface area contributed by atoms with Crippen LogP contribution in [-0.2, 0) is 109 Å². The molecule has 1 fully saturated rings. The van der Waals surface area contributed by atoms with Gasteiger partial charge in [0.25, 0.3) is 0 Å². The van der Waals surface area contributed by atoms with E-state index >= 15 is 4.79 Å². The number of nitrogens with zero attached hydrogens (tertiary/aromatic N) is 4. The molecule has 0 radical (unpaired) electrons. The van der Waals surface area contributed by atoms with Crippen molar-refractivity contribution in [1.82, 2.24) is 73.1 Å². The third kappa shape index (κ3) is 28.0. The predicted octanol–water partition coefficient (Wildman–Crippen LogP) is -5.36. The second kappa shape index (κ2) is 42.1. The van der Waals surface area contributed by atoms with E-state index in [9.17, 15) is 97.5 Å². The van der Waals surface area contributed by atoms with Crippen molar-refractivity contribution in [2.45, 2.75) is 189 Å². The summed E-state index contributed by atoms with van der Waals surface area (Å²) in [6.45, 7) is -0.866. The van der Waals surface area contributed by atoms with Crippen LogP contribution in [0.5, 0.6) is 11.5 Å². The zero-order valence-corrected chi connectivity index (χ0v) is 58.9. The van der Waals surface area contributed by atoms with Gasteiger partial charge in [0.05, 0.1) is 31.1 Å². The monoisotopic (exact) mass is 1510 g/mol. The van der Waals surface area contributed by atoms with Crippen molar-refractivity contribution in [1.29, 1.82) is 0 Å². The van der Waals surface area contributed by atoms with Crippen LogP contribution in [0.15, 0.2) is 85.1 Å². The maximum atomic E-state index is 15.1. The van der Waals surface area contributed by atoms with Crippen LogP contribution in [0.25, 0.3) is 0 Å². The number of rotatable bonds is 34. The molecule has 2 bridgehead atoms. The number of fused-ring (bicyclic) bond motifs is 2. The predicted molar refractivity (Wildman–Crippen MR) is 376 cm³/mol. The van der Waals surface area contributed by atoms with E-state index in [2.05, 4.69) is 63.5 Å². The molecule has 0 unspecified atom stereocenters. The average Bonchev–Trinajstić information content (AvgIpc) is 1.70. The molecule has 11 atom stereocenters. The van der Waals surface area contributed by atoms with E-state index in [-0.39, 0.29) is 107 Å². The Labute approximate surface area is 617 Å². The van der Waals surface area contributed by atoms with Crippen LogP contribution in [0.1, 0.15) is 112 Å². The number of likely N-dealkylation sites (tertiary alicyclic amines) is 1. The van der Waals surface area contributed by atoms with E-state index in [4.69, 9.17) is 22.9 Å². The Morgan fingerprint density at radius 2 is 1.13 bits per heavy atom. The summed E-state index contributed by atoms with van der Waals surface area (Å²) in [5, 5.41) is 82.6. The van der Waals surface area contributed by atoms with Gasteiger partial charge in [0.1, 0.15) is 71.9 Å². The Hall–Kier alpha value is -12.2. The number of aryl methyl sites for hydroxylation is 2. The Morgan fingerprint density at radius 3 is 1.74 bits per heavy atom. The molecule has 23 N–H and O–H groups in total. The van der Waals surface area contributed by atoms with Crippen molar-refractivity contribution in [2.75, 3.05) is 19.6 Å². The fraction of sp³-hybridized carbons (Fsp3) is 0.478. The Morgan fingerprint density at radius 1 is 0.574 bits per heavy atom. The van der Waals surface area contributed by atoms with Crippen LogP contribution in [0.3, 0.4) is 0 Å². The van der Waals surface area contributed by atoms with E-state index in [0.29, 0.717) is 23.1 Å². The fourth-order valence-electron chi connectivity index (χ4n) is 11.8. The molecule has 1 aromatic heterocycles. The van der Waals surface area contributed by atoms with Crippen LogP contribution in [0, 0.1) is 0 Å². The number of carboxylic acid groups (broad SMARTS) is 3. The lowest BCUT2D eigenvalue weighted by Crippen LogP contribution is -2.61. The smallest absolute Gasteiger partial charge is 0.326 e. The SMILES string of the molecule is NCCCC[C@@H]1NC(=O)[C@H](Cc2ccc(O)cc2)NC(=O)[C@@H](NC(=O)[C@@H]2CCCN2C(=O)[C@H](CC(N)=O)NC(=O)[C@H](CCC(=O)O)NC(=O)[C@H](Cc2ccc(O)cc2)NC(=O)CNC(=O)[C@@H](N)CC(N)=O)CCCn2cc(nn2)CC[C@@H](C(=O)N[C@@H](CCC(=O)O)C(=O)O)NC(=O)[C@H](Cc2ccccc2)NC1=O. The van der Waals surface area contributed by atoms with Crippen molar-refractivity contribution >= 4 is 94.7 Å². The third-order valence-electron chi connectivity index (χ3n) is 17.5. The summed E-state index contributed by atoms with van der Waals surface area (Å²) >= 11 is 0. The molecular weight excluding hydrogens is 1420 g/mol. The highest BCUT2D eigenvalue weighted by Gasteiger charge is 2.42. The molecule has 2 aliphatic heterocycles. The molecule has 2 aliphatic rings. The van der Waals surface area contributed by atoms with Gasteiger partial charge in [-0.15, -0.1) is 5.10 Å². The van der Waals surface area contributed by atoms with Gasteiger partial charge < -0.3 is 107 Å². The number of carbonyl (C=O) groups is 16. The molecule has 39 heteroatoms. The molecule has 4 aromatic rings. The van der Waals surface area contributed by atoms with Gasteiger partial charge in [-0.25, -0.2) is 4.79 Å². The lowest BCUT2D eigenvalue weighted by molar-refractivity contribution is -0.144. The van der Waals surface area contributed by atoms with Gasteiger partial charge in [0, 0.05) is 51.4 Å². The number of aromatic nitrogens is 3. The summed E-state index contributed by atoms with van der Waals surface area (Å²) in [6, 6.07) is 1.50. The number of benzene rings is 3. The number of phenols is 2. The van der Waals surface area contributed by atoms with Crippen molar-refractivity contribution in [3.63, 3.8) is 0 Å². The van der Waals surface area contributed by atoms with E-state index in [1.807, 2.05) is 0 Å². The zero-order valence-electron chi connectivity index (χ0n) is 58.9. The number of hydrogen-bond donors (Lipinski definition) is 19.